The number of pyridine rings is 1. The zero-order chi connectivity index (χ0) is 18.5. The molecule has 0 radical (unpaired) electrons. The summed E-state index contributed by atoms with van der Waals surface area (Å²) in [4.78, 5) is 28.5. The van der Waals surface area contributed by atoms with Gasteiger partial charge in [0.25, 0.3) is 5.91 Å². The number of halogens is 1. The Hall–Kier alpha value is -2.44. The summed E-state index contributed by atoms with van der Waals surface area (Å²) in [5, 5.41) is 5.78. The monoisotopic (exact) mass is 373 g/mol. The Morgan fingerprint density at radius 3 is 2.77 bits per heavy atom. The van der Waals surface area contributed by atoms with Gasteiger partial charge in [-0.1, -0.05) is 11.6 Å². The number of aryl methyl sites for hydroxylation is 2. The van der Waals surface area contributed by atoms with E-state index in [1.165, 1.54) is 7.11 Å². The molecule has 0 atom stereocenters. The second-order valence-electron chi connectivity index (χ2n) is 6.17. The number of carbonyl (C=O) groups is 2. The van der Waals surface area contributed by atoms with E-state index >= 15 is 0 Å². The molecule has 1 aliphatic carbocycles. The Balaban J connectivity index is 1.69. The van der Waals surface area contributed by atoms with Crippen molar-refractivity contribution in [1.29, 1.82) is 0 Å². The number of rotatable bonds is 5. The van der Waals surface area contributed by atoms with Crippen LogP contribution >= 0.6 is 11.6 Å². The third kappa shape index (κ3) is 4.39. The van der Waals surface area contributed by atoms with Crippen molar-refractivity contribution in [3.63, 3.8) is 0 Å². The van der Waals surface area contributed by atoms with Crippen molar-refractivity contribution < 1.29 is 14.3 Å². The van der Waals surface area contributed by atoms with Gasteiger partial charge in [-0.3, -0.25) is 14.6 Å². The van der Waals surface area contributed by atoms with Crippen LogP contribution in [0.3, 0.4) is 0 Å². The van der Waals surface area contributed by atoms with Crippen LogP contribution in [0.1, 0.15) is 34.5 Å². The van der Waals surface area contributed by atoms with E-state index < -0.39 is 0 Å². The van der Waals surface area contributed by atoms with E-state index in [2.05, 4.69) is 15.6 Å². The number of benzene rings is 1. The maximum absolute atomic E-state index is 12.5. The number of hydrogen-bond acceptors (Lipinski definition) is 4. The molecule has 0 unspecified atom stereocenters. The van der Waals surface area contributed by atoms with Crippen LogP contribution in [0.25, 0.3) is 0 Å². The number of aromatic nitrogens is 1. The van der Waals surface area contributed by atoms with Crippen LogP contribution in [0.15, 0.2) is 30.5 Å². The summed E-state index contributed by atoms with van der Waals surface area (Å²) in [6.45, 7) is -0.0554. The summed E-state index contributed by atoms with van der Waals surface area (Å²) < 4.78 is 4.76. The van der Waals surface area contributed by atoms with Crippen molar-refractivity contribution in [3.8, 4) is 0 Å². The smallest absolute Gasteiger partial charge is 0.257 e. The second kappa shape index (κ2) is 8.29. The first-order valence-electron chi connectivity index (χ1n) is 8.44. The molecule has 136 valence electrons. The molecule has 2 amide bonds. The van der Waals surface area contributed by atoms with Crippen molar-refractivity contribution in [2.45, 2.75) is 25.7 Å². The third-order valence-electron chi connectivity index (χ3n) is 4.21. The van der Waals surface area contributed by atoms with E-state index in [0.717, 1.165) is 36.9 Å². The van der Waals surface area contributed by atoms with Crippen molar-refractivity contribution in [2.75, 3.05) is 24.4 Å². The van der Waals surface area contributed by atoms with E-state index in [9.17, 15) is 9.59 Å². The SMILES string of the molecule is COCC(=O)Nc1ccc(NC(=O)c2cnc3c(c2)CCCC3)cc1Cl. The number of anilines is 2. The maximum Gasteiger partial charge on any atom is 0.257 e. The minimum Gasteiger partial charge on any atom is -0.375 e. The van der Waals surface area contributed by atoms with Gasteiger partial charge < -0.3 is 15.4 Å². The minimum atomic E-state index is -0.300. The Morgan fingerprint density at radius 1 is 1.19 bits per heavy atom. The summed E-state index contributed by atoms with van der Waals surface area (Å²) in [6, 6.07) is 6.82. The van der Waals surface area contributed by atoms with Crippen LogP contribution in [0.5, 0.6) is 0 Å². The molecule has 0 saturated heterocycles. The number of nitrogens with zero attached hydrogens (tertiary/aromatic N) is 1. The number of fused-ring (bicyclic) bond motifs is 1. The molecule has 1 aromatic heterocycles. The molecule has 1 aromatic carbocycles. The summed E-state index contributed by atoms with van der Waals surface area (Å²) in [7, 11) is 1.44. The van der Waals surface area contributed by atoms with Crippen molar-refractivity contribution in [2.24, 2.45) is 0 Å². The fourth-order valence-electron chi connectivity index (χ4n) is 2.93. The van der Waals surface area contributed by atoms with E-state index in [-0.39, 0.29) is 18.4 Å². The highest BCUT2D eigenvalue weighted by atomic mass is 35.5. The fraction of sp³-hybridized carbons (Fsp3) is 0.316. The van der Waals surface area contributed by atoms with Gasteiger partial charge in [-0.15, -0.1) is 0 Å². The summed E-state index contributed by atoms with van der Waals surface area (Å²) >= 11 is 6.18. The van der Waals surface area contributed by atoms with Crippen LogP contribution in [0.2, 0.25) is 5.02 Å². The Kier molecular flexibility index (Phi) is 5.85. The first-order valence-corrected chi connectivity index (χ1v) is 8.82. The molecule has 0 aliphatic heterocycles. The molecule has 2 N–H and O–H groups in total. The third-order valence-corrected chi connectivity index (χ3v) is 4.52. The van der Waals surface area contributed by atoms with Crippen LogP contribution in [-0.4, -0.2) is 30.5 Å². The van der Waals surface area contributed by atoms with Gasteiger partial charge >= 0.3 is 0 Å². The average molecular weight is 374 g/mol. The quantitative estimate of drug-likeness (QED) is 0.841. The van der Waals surface area contributed by atoms with Crippen LogP contribution < -0.4 is 10.6 Å². The lowest BCUT2D eigenvalue weighted by atomic mass is 9.95. The summed E-state index contributed by atoms with van der Waals surface area (Å²) in [5.41, 5.74) is 3.77. The number of ether oxygens (including phenoxy) is 1. The summed E-state index contributed by atoms with van der Waals surface area (Å²) in [5.74, 6) is -0.538. The van der Waals surface area contributed by atoms with Crippen molar-refractivity contribution in [1.82, 2.24) is 4.98 Å². The molecule has 6 nitrogen and oxygen atoms in total. The largest absolute Gasteiger partial charge is 0.375 e. The molecule has 0 bridgehead atoms. The maximum atomic E-state index is 12.5. The lowest BCUT2D eigenvalue weighted by Crippen LogP contribution is -2.17. The highest BCUT2D eigenvalue weighted by Gasteiger charge is 2.15. The minimum absolute atomic E-state index is 0.0554. The van der Waals surface area contributed by atoms with Gasteiger partial charge in [0.15, 0.2) is 0 Å². The Morgan fingerprint density at radius 2 is 2.00 bits per heavy atom. The van der Waals surface area contributed by atoms with Gasteiger partial charge in [-0.05, 0) is 55.5 Å². The summed E-state index contributed by atoms with van der Waals surface area (Å²) in [6.07, 6.45) is 5.83. The van der Waals surface area contributed by atoms with Gasteiger partial charge in [0.05, 0.1) is 16.3 Å². The standard InChI is InChI=1S/C19H20ClN3O3/c1-26-11-18(24)23-17-7-6-14(9-15(17)20)22-19(25)13-8-12-4-2-3-5-16(12)21-10-13/h6-10H,2-5,11H2,1H3,(H,22,25)(H,23,24). The fourth-order valence-corrected chi connectivity index (χ4v) is 3.15. The Bertz CT molecular complexity index is 839. The normalized spacial score (nSPS) is 13.0. The van der Waals surface area contributed by atoms with E-state index in [1.54, 1.807) is 24.4 Å². The first kappa shape index (κ1) is 18.4. The van der Waals surface area contributed by atoms with E-state index in [4.69, 9.17) is 16.3 Å². The molecular weight excluding hydrogens is 354 g/mol. The van der Waals surface area contributed by atoms with E-state index in [0.29, 0.717) is 22.0 Å². The number of hydrogen-bond donors (Lipinski definition) is 2. The second-order valence-corrected chi connectivity index (χ2v) is 6.57. The number of nitrogens with one attached hydrogen (secondary N) is 2. The molecule has 1 heterocycles. The topological polar surface area (TPSA) is 80.3 Å². The molecule has 2 aromatic rings. The van der Waals surface area contributed by atoms with Crippen LogP contribution in [0.4, 0.5) is 11.4 Å². The van der Waals surface area contributed by atoms with Crippen molar-refractivity contribution >= 4 is 34.8 Å². The first-order chi connectivity index (χ1) is 12.6. The molecule has 1 aliphatic rings. The van der Waals surface area contributed by atoms with Crippen molar-refractivity contribution in [3.05, 3.63) is 52.3 Å². The molecule has 3 rings (SSSR count). The highest BCUT2D eigenvalue weighted by molar-refractivity contribution is 6.34. The average Bonchev–Trinajstić information content (AvgIpc) is 2.64. The highest BCUT2D eigenvalue weighted by Crippen LogP contribution is 2.26. The van der Waals surface area contributed by atoms with Gasteiger partial charge in [-0.2, -0.15) is 0 Å². The lowest BCUT2D eigenvalue weighted by Gasteiger charge is -2.15. The predicted molar refractivity (Wildman–Crippen MR) is 101 cm³/mol. The van der Waals surface area contributed by atoms with Gasteiger partial charge in [0.1, 0.15) is 6.61 Å². The molecule has 0 saturated carbocycles. The molecular formula is C19H20ClN3O3. The molecule has 0 fully saturated rings. The zero-order valence-corrected chi connectivity index (χ0v) is 15.2. The number of amides is 2. The number of methoxy groups -OCH3 is 1. The van der Waals surface area contributed by atoms with Gasteiger partial charge in [0.2, 0.25) is 5.91 Å². The zero-order valence-electron chi connectivity index (χ0n) is 14.5. The number of carbonyl (C=O) groups excluding carboxylic acids is 2. The van der Waals surface area contributed by atoms with Gasteiger partial charge in [-0.25, -0.2) is 0 Å². The molecule has 7 heteroatoms. The molecule has 0 spiro atoms. The Labute approximate surface area is 156 Å². The predicted octanol–water partition coefficient (Wildman–Crippen LogP) is 3.45. The lowest BCUT2D eigenvalue weighted by molar-refractivity contribution is -0.119. The van der Waals surface area contributed by atoms with Gasteiger partial charge in [0, 0.05) is 24.7 Å². The van der Waals surface area contributed by atoms with E-state index in [1.807, 2.05) is 6.07 Å². The molecule has 26 heavy (non-hydrogen) atoms. The van der Waals surface area contributed by atoms with Crippen LogP contribution in [-0.2, 0) is 22.4 Å². The van der Waals surface area contributed by atoms with Crippen LogP contribution in [0, 0.1) is 0 Å².